The van der Waals surface area contributed by atoms with E-state index in [-0.39, 0.29) is 5.92 Å². The summed E-state index contributed by atoms with van der Waals surface area (Å²) in [5, 5.41) is 0. The van der Waals surface area contributed by atoms with Crippen molar-refractivity contribution in [2.24, 2.45) is 11.3 Å². The summed E-state index contributed by atoms with van der Waals surface area (Å²) in [5.41, 5.74) is 0.302. The fraction of sp³-hybridized carbons (Fsp3) is 0.909. The Morgan fingerprint density at radius 3 is 2.69 bits per heavy atom. The van der Waals surface area contributed by atoms with E-state index in [4.69, 9.17) is 0 Å². The molecular weight excluding hydrogens is 162 g/mol. The summed E-state index contributed by atoms with van der Waals surface area (Å²) >= 11 is 0. The first-order chi connectivity index (χ1) is 5.96. The first kappa shape index (κ1) is 10.6. The molecule has 0 aromatic rings. The summed E-state index contributed by atoms with van der Waals surface area (Å²) in [4.78, 5) is 13.8. The minimum absolute atomic E-state index is 0.224. The molecule has 1 amide bonds. The third-order valence-electron chi connectivity index (χ3n) is 2.99. The van der Waals surface area contributed by atoms with Gasteiger partial charge in [-0.3, -0.25) is 4.79 Å². The van der Waals surface area contributed by atoms with Crippen molar-refractivity contribution in [1.29, 1.82) is 0 Å². The van der Waals surface area contributed by atoms with Gasteiger partial charge in [-0.05, 0) is 25.2 Å². The van der Waals surface area contributed by atoms with Gasteiger partial charge in [0.1, 0.15) is 0 Å². The van der Waals surface area contributed by atoms with E-state index in [0.29, 0.717) is 11.3 Å². The van der Waals surface area contributed by atoms with Crippen molar-refractivity contribution in [1.82, 2.24) is 4.90 Å². The molecule has 1 unspecified atom stereocenters. The molecule has 1 rings (SSSR count). The Labute approximate surface area is 81.3 Å². The molecule has 1 aliphatic heterocycles. The van der Waals surface area contributed by atoms with Crippen LogP contribution in [0.1, 0.15) is 40.5 Å². The maximum atomic E-state index is 11.8. The predicted octanol–water partition coefficient (Wildman–Crippen LogP) is 2.29. The Morgan fingerprint density at radius 2 is 2.15 bits per heavy atom. The fourth-order valence-electron chi connectivity index (χ4n) is 1.98. The number of likely N-dealkylation sites (tertiary alicyclic amines) is 1. The van der Waals surface area contributed by atoms with Gasteiger partial charge in [-0.15, -0.1) is 0 Å². The molecule has 0 aromatic heterocycles. The molecule has 76 valence electrons. The van der Waals surface area contributed by atoms with Gasteiger partial charge >= 0.3 is 0 Å². The summed E-state index contributed by atoms with van der Waals surface area (Å²) in [6, 6.07) is 0. The van der Waals surface area contributed by atoms with Crippen LogP contribution in [0.25, 0.3) is 0 Å². The maximum absolute atomic E-state index is 11.8. The lowest BCUT2D eigenvalue weighted by Gasteiger charge is -2.28. The van der Waals surface area contributed by atoms with E-state index >= 15 is 0 Å². The minimum Gasteiger partial charge on any atom is -0.342 e. The molecule has 1 aliphatic rings. The first-order valence-electron chi connectivity index (χ1n) is 5.25. The Balaban J connectivity index is 2.76. The van der Waals surface area contributed by atoms with Crippen molar-refractivity contribution in [3.8, 4) is 0 Å². The molecule has 1 atom stereocenters. The second kappa shape index (κ2) is 3.69. The molecule has 0 spiro atoms. The van der Waals surface area contributed by atoms with Crippen LogP contribution in [0.4, 0.5) is 0 Å². The molecule has 0 aliphatic carbocycles. The van der Waals surface area contributed by atoms with E-state index in [9.17, 15) is 4.79 Å². The highest BCUT2D eigenvalue weighted by Crippen LogP contribution is 2.30. The third-order valence-corrected chi connectivity index (χ3v) is 2.99. The van der Waals surface area contributed by atoms with Crippen LogP contribution in [0.15, 0.2) is 0 Å². The lowest BCUT2D eigenvalue weighted by atomic mass is 9.87. The molecule has 0 aromatic carbocycles. The van der Waals surface area contributed by atoms with E-state index in [1.54, 1.807) is 0 Å². The lowest BCUT2D eigenvalue weighted by Crippen LogP contribution is -2.37. The summed E-state index contributed by atoms with van der Waals surface area (Å²) in [5.74, 6) is 0.565. The zero-order chi connectivity index (χ0) is 10.1. The number of rotatable bonds is 1. The molecular formula is C11H21NO. The quantitative estimate of drug-likeness (QED) is 0.611. The fourth-order valence-corrected chi connectivity index (χ4v) is 1.98. The van der Waals surface area contributed by atoms with Crippen LogP contribution >= 0.6 is 0 Å². The SMILES string of the molecule is CCN1CC(C)(C)CCC(C)C1=O. The van der Waals surface area contributed by atoms with Crippen molar-refractivity contribution in [2.75, 3.05) is 13.1 Å². The molecule has 1 saturated heterocycles. The summed E-state index contributed by atoms with van der Waals surface area (Å²) in [7, 11) is 0. The number of hydrogen-bond donors (Lipinski definition) is 0. The van der Waals surface area contributed by atoms with Crippen LogP contribution in [-0.4, -0.2) is 23.9 Å². The Morgan fingerprint density at radius 1 is 1.54 bits per heavy atom. The summed E-state index contributed by atoms with van der Waals surface area (Å²) in [6.45, 7) is 10.4. The van der Waals surface area contributed by atoms with Crippen LogP contribution in [-0.2, 0) is 4.79 Å². The topological polar surface area (TPSA) is 20.3 Å². The normalized spacial score (nSPS) is 28.8. The summed E-state index contributed by atoms with van der Waals surface area (Å²) < 4.78 is 0. The third kappa shape index (κ3) is 2.45. The number of amides is 1. The zero-order valence-corrected chi connectivity index (χ0v) is 9.26. The van der Waals surface area contributed by atoms with Crippen molar-refractivity contribution in [2.45, 2.75) is 40.5 Å². The maximum Gasteiger partial charge on any atom is 0.225 e. The lowest BCUT2D eigenvalue weighted by molar-refractivity contribution is -0.134. The molecule has 2 nitrogen and oxygen atoms in total. The van der Waals surface area contributed by atoms with E-state index in [0.717, 1.165) is 25.9 Å². The average molecular weight is 183 g/mol. The number of carbonyl (C=O) groups excluding carboxylic acids is 1. The number of carbonyl (C=O) groups is 1. The monoisotopic (exact) mass is 183 g/mol. The summed E-state index contributed by atoms with van der Waals surface area (Å²) in [6.07, 6.45) is 2.21. The Bertz CT molecular complexity index is 198. The minimum atomic E-state index is 0.224. The molecule has 1 heterocycles. The molecule has 0 N–H and O–H groups in total. The van der Waals surface area contributed by atoms with Gasteiger partial charge in [0.2, 0.25) is 5.91 Å². The Kier molecular flexibility index (Phi) is 2.99. The number of nitrogens with zero attached hydrogens (tertiary/aromatic N) is 1. The first-order valence-corrected chi connectivity index (χ1v) is 5.25. The molecule has 1 fully saturated rings. The second-order valence-electron chi connectivity index (χ2n) is 4.96. The smallest absolute Gasteiger partial charge is 0.225 e. The van der Waals surface area contributed by atoms with Crippen molar-refractivity contribution >= 4 is 5.91 Å². The van der Waals surface area contributed by atoms with Crippen molar-refractivity contribution in [3.63, 3.8) is 0 Å². The molecule has 13 heavy (non-hydrogen) atoms. The highest BCUT2D eigenvalue weighted by molar-refractivity contribution is 5.78. The molecule has 0 radical (unpaired) electrons. The standard InChI is InChI=1S/C11H21NO/c1-5-12-8-11(3,4)7-6-9(2)10(12)13/h9H,5-8H2,1-4H3. The van der Waals surface area contributed by atoms with Crippen molar-refractivity contribution < 1.29 is 4.79 Å². The molecule has 0 bridgehead atoms. The van der Waals surface area contributed by atoms with Gasteiger partial charge in [0, 0.05) is 19.0 Å². The van der Waals surface area contributed by atoms with Crippen LogP contribution in [0, 0.1) is 11.3 Å². The van der Waals surface area contributed by atoms with E-state index in [2.05, 4.69) is 20.8 Å². The average Bonchev–Trinajstić information content (AvgIpc) is 2.17. The second-order valence-corrected chi connectivity index (χ2v) is 4.96. The van der Waals surface area contributed by atoms with E-state index < -0.39 is 0 Å². The predicted molar refractivity (Wildman–Crippen MR) is 54.4 cm³/mol. The van der Waals surface area contributed by atoms with E-state index in [1.807, 2.05) is 11.8 Å². The van der Waals surface area contributed by atoms with Gasteiger partial charge in [0.25, 0.3) is 0 Å². The highest BCUT2D eigenvalue weighted by atomic mass is 16.2. The molecule has 2 heteroatoms. The van der Waals surface area contributed by atoms with E-state index in [1.165, 1.54) is 0 Å². The van der Waals surface area contributed by atoms with Gasteiger partial charge in [-0.25, -0.2) is 0 Å². The van der Waals surface area contributed by atoms with Crippen LogP contribution in [0.3, 0.4) is 0 Å². The van der Waals surface area contributed by atoms with Gasteiger partial charge in [-0.1, -0.05) is 20.8 Å². The Hall–Kier alpha value is -0.530. The zero-order valence-electron chi connectivity index (χ0n) is 9.26. The van der Waals surface area contributed by atoms with Crippen LogP contribution < -0.4 is 0 Å². The van der Waals surface area contributed by atoms with Gasteiger partial charge in [0.15, 0.2) is 0 Å². The van der Waals surface area contributed by atoms with Crippen LogP contribution in [0.2, 0.25) is 0 Å². The number of hydrogen-bond acceptors (Lipinski definition) is 1. The van der Waals surface area contributed by atoms with Gasteiger partial charge < -0.3 is 4.90 Å². The van der Waals surface area contributed by atoms with Gasteiger partial charge in [-0.2, -0.15) is 0 Å². The van der Waals surface area contributed by atoms with Crippen molar-refractivity contribution in [3.05, 3.63) is 0 Å². The van der Waals surface area contributed by atoms with Gasteiger partial charge in [0.05, 0.1) is 0 Å². The van der Waals surface area contributed by atoms with Crippen LogP contribution in [0.5, 0.6) is 0 Å². The molecule has 0 saturated carbocycles. The highest BCUT2D eigenvalue weighted by Gasteiger charge is 2.31. The largest absolute Gasteiger partial charge is 0.342 e.